The number of ether oxygens (including phenoxy) is 2. The van der Waals surface area contributed by atoms with Gasteiger partial charge in [-0.25, -0.2) is 5.43 Å². The molecule has 0 bridgehead atoms. The van der Waals surface area contributed by atoms with Crippen molar-refractivity contribution in [2.75, 3.05) is 14.2 Å². The van der Waals surface area contributed by atoms with Gasteiger partial charge in [-0.3, -0.25) is 14.9 Å². The van der Waals surface area contributed by atoms with E-state index in [0.29, 0.717) is 11.3 Å². The van der Waals surface area contributed by atoms with E-state index in [1.54, 1.807) is 0 Å². The largest absolute Gasteiger partial charge is 0.496 e. The van der Waals surface area contributed by atoms with Gasteiger partial charge in [-0.05, 0) is 0 Å². The van der Waals surface area contributed by atoms with Crippen LogP contribution >= 0.6 is 0 Å². The molecule has 0 aliphatic carbocycles. The molecule has 0 saturated heterocycles. The number of carbonyl (C=O) groups is 1. The average molecular weight is 267 g/mol. The lowest BCUT2D eigenvalue weighted by Gasteiger charge is -2.07. The first-order chi connectivity index (χ1) is 8.99. The zero-order valence-electron chi connectivity index (χ0n) is 10.7. The molecule has 1 N–H and O–H groups in total. The molecule has 0 radical (unpaired) electrons. The molecule has 0 saturated carbocycles. The maximum Gasteiger partial charge on any atom is 0.311 e. The van der Waals surface area contributed by atoms with Gasteiger partial charge < -0.3 is 9.47 Å². The quantitative estimate of drug-likeness (QED) is 0.488. The Balaban J connectivity index is 3.21. The summed E-state index contributed by atoms with van der Waals surface area (Å²) in [6, 6.07) is 2.64. The SMILES string of the molecule is COc1cc(OC)c([N+](=O)[O-])cc1C=NNC(C)=O. The van der Waals surface area contributed by atoms with Crippen LogP contribution in [0.2, 0.25) is 0 Å². The molecule has 19 heavy (non-hydrogen) atoms. The molecule has 8 heteroatoms. The molecule has 0 atom stereocenters. The molecule has 0 unspecified atom stereocenters. The summed E-state index contributed by atoms with van der Waals surface area (Å²) < 4.78 is 9.98. The number of hydrogen-bond acceptors (Lipinski definition) is 6. The van der Waals surface area contributed by atoms with Crippen molar-refractivity contribution in [2.24, 2.45) is 5.10 Å². The third kappa shape index (κ3) is 3.66. The van der Waals surface area contributed by atoms with E-state index in [9.17, 15) is 14.9 Å². The first kappa shape index (κ1) is 14.4. The molecule has 8 nitrogen and oxygen atoms in total. The van der Waals surface area contributed by atoms with E-state index in [1.807, 2.05) is 0 Å². The highest BCUT2D eigenvalue weighted by molar-refractivity contribution is 5.86. The van der Waals surface area contributed by atoms with E-state index in [-0.39, 0.29) is 17.3 Å². The number of nitrogens with one attached hydrogen (secondary N) is 1. The first-order valence-electron chi connectivity index (χ1n) is 5.19. The summed E-state index contributed by atoms with van der Waals surface area (Å²) in [6.07, 6.45) is 1.26. The van der Waals surface area contributed by atoms with Crippen LogP contribution in [-0.4, -0.2) is 31.3 Å². The highest BCUT2D eigenvalue weighted by Crippen LogP contribution is 2.33. The Morgan fingerprint density at radius 2 is 2.00 bits per heavy atom. The van der Waals surface area contributed by atoms with Gasteiger partial charge >= 0.3 is 5.69 Å². The Kier molecular flexibility index (Phi) is 4.81. The monoisotopic (exact) mass is 267 g/mol. The van der Waals surface area contributed by atoms with Gasteiger partial charge in [0.2, 0.25) is 11.7 Å². The number of nitro groups is 1. The second-order valence-corrected chi connectivity index (χ2v) is 3.45. The third-order valence-corrected chi connectivity index (χ3v) is 2.15. The Labute approximate surface area is 109 Å². The summed E-state index contributed by atoms with van der Waals surface area (Å²) in [5.74, 6) is 0.0771. The molecular formula is C11H13N3O5. The number of carbonyl (C=O) groups excluding carboxylic acids is 1. The minimum absolute atomic E-state index is 0.0820. The van der Waals surface area contributed by atoms with Crippen LogP contribution in [0, 0.1) is 10.1 Å². The maximum absolute atomic E-state index is 10.9. The molecule has 1 aromatic rings. The number of rotatable bonds is 5. The minimum atomic E-state index is -0.575. The molecular weight excluding hydrogens is 254 g/mol. The minimum Gasteiger partial charge on any atom is -0.496 e. The van der Waals surface area contributed by atoms with E-state index >= 15 is 0 Å². The van der Waals surface area contributed by atoms with E-state index in [2.05, 4.69) is 10.5 Å². The number of methoxy groups -OCH3 is 2. The van der Waals surface area contributed by atoms with Gasteiger partial charge in [-0.2, -0.15) is 5.10 Å². The van der Waals surface area contributed by atoms with E-state index in [1.165, 1.54) is 39.5 Å². The van der Waals surface area contributed by atoms with Crippen LogP contribution in [0.1, 0.15) is 12.5 Å². The fourth-order valence-corrected chi connectivity index (χ4v) is 1.34. The molecule has 0 aliphatic heterocycles. The Morgan fingerprint density at radius 3 is 2.47 bits per heavy atom. The van der Waals surface area contributed by atoms with Crippen molar-refractivity contribution in [1.82, 2.24) is 5.43 Å². The summed E-state index contributed by atoms with van der Waals surface area (Å²) in [5.41, 5.74) is 2.33. The predicted octanol–water partition coefficient (Wildman–Crippen LogP) is 1.08. The standard InChI is InChI=1S/C11H13N3O5/c1-7(15)13-12-6-8-4-9(14(16)17)11(19-3)5-10(8)18-2/h4-6H,1-3H3,(H,13,15). The smallest absolute Gasteiger partial charge is 0.311 e. The Bertz CT molecular complexity index is 527. The van der Waals surface area contributed by atoms with Crippen molar-refractivity contribution in [2.45, 2.75) is 6.92 Å². The highest BCUT2D eigenvalue weighted by Gasteiger charge is 2.18. The summed E-state index contributed by atoms with van der Waals surface area (Å²) >= 11 is 0. The summed E-state index contributed by atoms with van der Waals surface area (Å²) in [4.78, 5) is 21.0. The van der Waals surface area contributed by atoms with Gasteiger partial charge in [-0.15, -0.1) is 0 Å². The molecule has 0 aromatic heterocycles. The van der Waals surface area contributed by atoms with Crippen molar-refractivity contribution in [3.8, 4) is 11.5 Å². The first-order valence-corrected chi connectivity index (χ1v) is 5.19. The highest BCUT2D eigenvalue weighted by atomic mass is 16.6. The molecule has 1 rings (SSSR count). The second kappa shape index (κ2) is 6.34. The predicted molar refractivity (Wildman–Crippen MR) is 67.6 cm³/mol. The third-order valence-electron chi connectivity index (χ3n) is 2.15. The van der Waals surface area contributed by atoms with Crippen molar-refractivity contribution in [1.29, 1.82) is 0 Å². The van der Waals surface area contributed by atoms with Crippen LogP contribution in [0.5, 0.6) is 11.5 Å². The van der Waals surface area contributed by atoms with Crippen molar-refractivity contribution in [3.05, 3.63) is 27.8 Å². The zero-order valence-corrected chi connectivity index (χ0v) is 10.7. The van der Waals surface area contributed by atoms with Crippen LogP contribution in [0.15, 0.2) is 17.2 Å². The molecule has 1 amide bonds. The maximum atomic E-state index is 10.9. The number of nitro benzene ring substituents is 1. The molecule has 102 valence electrons. The van der Waals surface area contributed by atoms with Crippen LogP contribution in [0.3, 0.4) is 0 Å². The number of hydrogen-bond donors (Lipinski definition) is 1. The Hall–Kier alpha value is -2.64. The fraction of sp³-hybridized carbons (Fsp3) is 0.273. The van der Waals surface area contributed by atoms with E-state index in [4.69, 9.17) is 9.47 Å². The second-order valence-electron chi connectivity index (χ2n) is 3.45. The van der Waals surface area contributed by atoms with Gasteiger partial charge in [0.05, 0.1) is 25.4 Å². The molecule has 0 heterocycles. The van der Waals surface area contributed by atoms with Crippen molar-refractivity contribution >= 4 is 17.8 Å². The lowest BCUT2D eigenvalue weighted by atomic mass is 10.1. The average Bonchev–Trinajstić information content (AvgIpc) is 2.37. The summed E-state index contributed by atoms with van der Waals surface area (Å²) in [5, 5.41) is 14.5. The number of amides is 1. The zero-order chi connectivity index (χ0) is 14.4. The number of nitrogens with zero attached hydrogens (tertiary/aromatic N) is 2. The van der Waals surface area contributed by atoms with Crippen molar-refractivity contribution in [3.63, 3.8) is 0 Å². The topological polar surface area (TPSA) is 103 Å². The van der Waals surface area contributed by atoms with Gasteiger partial charge in [0, 0.05) is 24.6 Å². The summed E-state index contributed by atoms with van der Waals surface area (Å²) in [6.45, 7) is 1.30. The fourth-order valence-electron chi connectivity index (χ4n) is 1.34. The summed E-state index contributed by atoms with van der Waals surface area (Å²) in [7, 11) is 2.74. The van der Waals surface area contributed by atoms with Crippen LogP contribution in [0.4, 0.5) is 5.69 Å². The lowest BCUT2D eigenvalue weighted by molar-refractivity contribution is -0.385. The van der Waals surface area contributed by atoms with Crippen molar-refractivity contribution < 1.29 is 19.2 Å². The van der Waals surface area contributed by atoms with E-state index in [0.717, 1.165) is 0 Å². The molecule has 0 fully saturated rings. The number of hydrazone groups is 1. The number of benzene rings is 1. The Morgan fingerprint density at radius 1 is 1.37 bits per heavy atom. The van der Waals surface area contributed by atoms with Gasteiger partial charge in [0.15, 0.2) is 0 Å². The molecule has 1 aromatic carbocycles. The lowest BCUT2D eigenvalue weighted by Crippen LogP contribution is -2.12. The van der Waals surface area contributed by atoms with Gasteiger partial charge in [0.1, 0.15) is 5.75 Å². The van der Waals surface area contributed by atoms with Crippen LogP contribution < -0.4 is 14.9 Å². The normalized spacial score (nSPS) is 10.3. The van der Waals surface area contributed by atoms with E-state index < -0.39 is 4.92 Å². The molecule has 0 aliphatic rings. The van der Waals surface area contributed by atoms with Crippen LogP contribution in [-0.2, 0) is 4.79 Å². The van der Waals surface area contributed by atoms with Crippen LogP contribution in [0.25, 0.3) is 0 Å². The molecule has 0 spiro atoms. The van der Waals surface area contributed by atoms with Gasteiger partial charge in [-0.1, -0.05) is 0 Å². The van der Waals surface area contributed by atoms with Gasteiger partial charge in [0.25, 0.3) is 0 Å².